The normalized spacial score (nSPS) is 19.5. The number of nitro groups is 1. The fourth-order valence-corrected chi connectivity index (χ4v) is 2.14. The minimum Gasteiger partial charge on any atom is -0.363 e. The lowest BCUT2D eigenvalue weighted by Crippen LogP contribution is -2.39. The zero-order valence-corrected chi connectivity index (χ0v) is 10.5. The van der Waals surface area contributed by atoms with E-state index < -0.39 is 4.92 Å². The second-order valence-corrected chi connectivity index (χ2v) is 4.61. The summed E-state index contributed by atoms with van der Waals surface area (Å²) in [6.07, 6.45) is 3.52. The van der Waals surface area contributed by atoms with Crippen molar-refractivity contribution in [3.63, 3.8) is 0 Å². The van der Waals surface area contributed by atoms with Crippen LogP contribution in [0.3, 0.4) is 0 Å². The SMILES string of the molecule is Cc1ccc([N+](=O)[O-])c(NCC2CCCCN2)n1. The van der Waals surface area contributed by atoms with Crippen LogP contribution in [0, 0.1) is 17.0 Å². The molecule has 2 rings (SSSR count). The lowest BCUT2D eigenvalue weighted by Gasteiger charge is -2.23. The first-order valence-corrected chi connectivity index (χ1v) is 6.26. The number of piperidine rings is 1. The second kappa shape index (κ2) is 5.77. The van der Waals surface area contributed by atoms with E-state index >= 15 is 0 Å². The minimum atomic E-state index is -0.400. The van der Waals surface area contributed by atoms with Crippen molar-refractivity contribution in [2.75, 3.05) is 18.4 Å². The summed E-state index contributed by atoms with van der Waals surface area (Å²) in [6.45, 7) is 3.53. The highest BCUT2D eigenvalue weighted by molar-refractivity contribution is 5.56. The Balaban J connectivity index is 2.03. The summed E-state index contributed by atoms with van der Waals surface area (Å²) in [5.74, 6) is 0.368. The quantitative estimate of drug-likeness (QED) is 0.629. The lowest BCUT2D eigenvalue weighted by atomic mass is 10.1. The molecule has 0 spiro atoms. The van der Waals surface area contributed by atoms with Crippen molar-refractivity contribution in [1.82, 2.24) is 10.3 Å². The third kappa shape index (κ3) is 3.16. The van der Waals surface area contributed by atoms with Gasteiger partial charge >= 0.3 is 5.69 Å². The van der Waals surface area contributed by atoms with Crippen LogP contribution in [0.25, 0.3) is 0 Å². The minimum absolute atomic E-state index is 0.0383. The average Bonchev–Trinajstić information content (AvgIpc) is 2.37. The molecule has 1 aromatic heterocycles. The maximum Gasteiger partial charge on any atom is 0.311 e. The zero-order chi connectivity index (χ0) is 13.0. The van der Waals surface area contributed by atoms with E-state index in [1.165, 1.54) is 18.9 Å². The summed E-state index contributed by atoms with van der Waals surface area (Å²) in [7, 11) is 0. The molecule has 1 aromatic rings. The summed E-state index contributed by atoms with van der Waals surface area (Å²) in [4.78, 5) is 14.7. The summed E-state index contributed by atoms with van der Waals surface area (Å²) >= 11 is 0. The van der Waals surface area contributed by atoms with Crippen LogP contribution in [0.1, 0.15) is 25.0 Å². The number of aryl methyl sites for hydroxylation is 1. The highest BCUT2D eigenvalue weighted by atomic mass is 16.6. The molecule has 1 unspecified atom stereocenters. The average molecular weight is 250 g/mol. The summed E-state index contributed by atoms with van der Waals surface area (Å²) in [5, 5.41) is 17.4. The predicted octanol–water partition coefficient (Wildman–Crippen LogP) is 1.85. The highest BCUT2D eigenvalue weighted by Gasteiger charge is 2.17. The monoisotopic (exact) mass is 250 g/mol. The molecule has 0 radical (unpaired) electrons. The van der Waals surface area contributed by atoms with Gasteiger partial charge in [-0.15, -0.1) is 0 Å². The molecule has 0 saturated carbocycles. The molecule has 1 fully saturated rings. The third-order valence-electron chi connectivity index (χ3n) is 3.14. The van der Waals surface area contributed by atoms with Crippen molar-refractivity contribution in [2.45, 2.75) is 32.2 Å². The third-order valence-corrected chi connectivity index (χ3v) is 3.14. The first kappa shape index (κ1) is 12.8. The van der Waals surface area contributed by atoms with E-state index in [4.69, 9.17) is 0 Å². The first-order chi connectivity index (χ1) is 8.66. The molecule has 0 aromatic carbocycles. The van der Waals surface area contributed by atoms with Gasteiger partial charge in [-0.2, -0.15) is 0 Å². The van der Waals surface area contributed by atoms with Gasteiger partial charge in [-0.3, -0.25) is 10.1 Å². The molecular weight excluding hydrogens is 232 g/mol. The van der Waals surface area contributed by atoms with Gasteiger partial charge in [0.25, 0.3) is 0 Å². The molecule has 6 nitrogen and oxygen atoms in total. The van der Waals surface area contributed by atoms with Crippen LogP contribution in [-0.4, -0.2) is 29.0 Å². The van der Waals surface area contributed by atoms with Crippen molar-refractivity contribution >= 4 is 11.5 Å². The fourth-order valence-electron chi connectivity index (χ4n) is 2.14. The van der Waals surface area contributed by atoms with E-state index in [9.17, 15) is 10.1 Å². The Labute approximate surface area is 106 Å². The maximum absolute atomic E-state index is 10.9. The molecule has 0 bridgehead atoms. The van der Waals surface area contributed by atoms with Crippen molar-refractivity contribution in [3.05, 3.63) is 27.9 Å². The number of rotatable bonds is 4. The Hall–Kier alpha value is -1.69. The van der Waals surface area contributed by atoms with Crippen molar-refractivity contribution < 1.29 is 4.92 Å². The largest absolute Gasteiger partial charge is 0.363 e. The molecular formula is C12H18N4O2. The van der Waals surface area contributed by atoms with Gasteiger partial charge in [0.15, 0.2) is 0 Å². The van der Waals surface area contributed by atoms with E-state index in [1.807, 2.05) is 6.92 Å². The van der Waals surface area contributed by atoms with Gasteiger partial charge in [-0.25, -0.2) is 4.98 Å². The molecule has 1 aliphatic heterocycles. The van der Waals surface area contributed by atoms with Gasteiger partial charge in [0, 0.05) is 24.3 Å². The van der Waals surface area contributed by atoms with Gasteiger partial charge in [0.05, 0.1) is 4.92 Å². The van der Waals surface area contributed by atoms with Crippen LogP contribution in [0.15, 0.2) is 12.1 Å². The topological polar surface area (TPSA) is 80.1 Å². The fraction of sp³-hybridized carbons (Fsp3) is 0.583. The molecule has 1 saturated heterocycles. The van der Waals surface area contributed by atoms with Gasteiger partial charge in [-0.1, -0.05) is 6.42 Å². The number of nitrogens with zero attached hydrogens (tertiary/aromatic N) is 2. The lowest BCUT2D eigenvalue weighted by molar-refractivity contribution is -0.384. The van der Waals surface area contributed by atoms with Crippen LogP contribution < -0.4 is 10.6 Å². The second-order valence-electron chi connectivity index (χ2n) is 4.61. The van der Waals surface area contributed by atoms with Gasteiger partial charge < -0.3 is 10.6 Å². The number of hydrogen-bond acceptors (Lipinski definition) is 5. The number of anilines is 1. The van der Waals surface area contributed by atoms with Gasteiger partial charge in [-0.05, 0) is 32.4 Å². The molecule has 1 aliphatic rings. The standard InChI is InChI=1S/C12H18N4O2/c1-9-5-6-11(16(17)18)12(15-9)14-8-10-4-2-3-7-13-10/h5-6,10,13H,2-4,7-8H2,1H3,(H,14,15). The molecule has 0 aliphatic carbocycles. The highest BCUT2D eigenvalue weighted by Crippen LogP contribution is 2.22. The van der Waals surface area contributed by atoms with Crippen molar-refractivity contribution in [3.8, 4) is 0 Å². The predicted molar refractivity (Wildman–Crippen MR) is 69.8 cm³/mol. The summed E-state index contributed by atoms with van der Waals surface area (Å²) in [5.41, 5.74) is 0.816. The number of hydrogen-bond donors (Lipinski definition) is 2. The molecule has 18 heavy (non-hydrogen) atoms. The van der Waals surface area contributed by atoms with Gasteiger partial charge in [0.1, 0.15) is 0 Å². The van der Waals surface area contributed by atoms with Crippen LogP contribution in [0.4, 0.5) is 11.5 Å². The number of pyridine rings is 1. The Morgan fingerprint density at radius 1 is 1.56 bits per heavy atom. The Morgan fingerprint density at radius 2 is 2.39 bits per heavy atom. The first-order valence-electron chi connectivity index (χ1n) is 6.26. The zero-order valence-electron chi connectivity index (χ0n) is 10.5. The van der Waals surface area contributed by atoms with Crippen LogP contribution in [0.2, 0.25) is 0 Å². The van der Waals surface area contributed by atoms with Crippen LogP contribution >= 0.6 is 0 Å². The Bertz CT molecular complexity index is 430. The van der Waals surface area contributed by atoms with E-state index in [-0.39, 0.29) is 5.69 Å². The van der Waals surface area contributed by atoms with Crippen molar-refractivity contribution in [1.29, 1.82) is 0 Å². The molecule has 98 valence electrons. The molecule has 6 heteroatoms. The summed E-state index contributed by atoms with van der Waals surface area (Å²) in [6, 6.07) is 3.53. The van der Waals surface area contributed by atoms with E-state index in [2.05, 4.69) is 15.6 Å². The van der Waals surface area contributed by atoms with Gasteiger partial charge in [0.2, 0.25) is 5.82 Å². The Morgan fingerprint density at radius 3 is 3.06 bits per heavy atom. The van der Waals surface area contributed by atoms with E-state index in [1.54, 1.807) is 6.07 Å². The summed E-state index contributed by atoms with van der Waals surface area (Å²) < 4.78 is 0. The Kier molecular flexibility index (Phi) is 4.09. The molecule has 2 heterocycles. The van der Waals surface area contributed by atoms with Crippen LogP contribution in [-0.2, 0) is 0 Å². The van der Waals surface area contributed by atoms with Crippen LogP contribution in [0.5, 0.6) is 0 Å². The van der Waals surface area contributed by atoms with E-state index in [0.29, 0.717) is 18.4 Å². The smallest absolute Gasteiger partial charge is 0.311 e. The molecule has 0 amide bonds. The number of nitrogens with one attached hydrogen (secondary N) is 2. The molecule has 1 atom stereocenters. The number of aromatic nitrogens is 1. The van der Waals surface area contributed by atoms with E-state index in [0.717, 1.165) is 18.7 Å². The molecule has 2 N–H and O–H groups in total. The maximum atomic E-state index is 10.9. The van der Waals surface area contributed by atoms with Crippen molar-refractivity contribution in [2.24, 2.45) is 0 Å².